The molecule has 1 heterocycles. The average molecular weight is 327 g/mol. The normalized spacial score (nSPS) is 22.4. The molecule has 1 aliphatic rings. The maximum Gasteiger partial charge on any atom is 0.321 e. The van der Waals surface area contributed by atoms with Crippen molar-refractivity contribution in [3.63, 3.8) is 0 Å². The molecule has 0 bridgehead atoms. The van der Waals surface area contributed by atoms with Crippen molar-refractivity contribution >= 4 is 11.7 Å². The number of esters is 1. The number of hydrogen-bond donors (Lipinski definition) is 0. The van der Waals surface area contributed by atoms with Crippen LogP contribution in [0, 0.1) is 10.1 Å². The molecule has 0 radical (unpaired) electrons. The first kappa shape index (κ1) is 16.0. The Bertz CT molecular complexity index is 786. The first-order chi connectivity index (χ1) is 11.5. The van der Waals surface area contributed by atoms with Crippen molar-refractivity contribution in [1.82, 2.24) is 0 Å². The third kappa shape index (κ3) is 2.22. The Morgan fingerprint density at radius 3 is 2.42 bits per heavy atom. The molecule has 2 atom stereocenters. The maximum absolute atomic E-state index is 12.4. The monoisotopic (exact) mass is 327 g/mol. The number of methoxy groups -OCH3 is 1. The molecule has 6 nitrogen and oxygen atoms in total. The number of rotatable bonds is 5. The van der Waals surface area contributed by atoms with Crippen LogP contribution in [0.4, 0.5) is 5.69 Å². The van der Waals surface area contributed by atoms with Crippen LogP contribution in [0.25, 0.3) is 0 Å². The number of nitro groups is 1. The number of hydrogen-bond acceptors (Lipinski definition) is 5. The highest BCUT2D eigenvalue weighted by Gasteiger charge is 2.60. The van der Waals surface area contributed by atoms with Crippen molar-refractivity contribution in [3.05, 3.63) is 69.8 Å². The molecule has 24 heavy (non-hydrogen) atoms. The fraction of sp³-hybridized carbons (Fsp3) is 0.278. The fourth-order valence-corrected chi connectivity index (χ4v) is 3.26. The molecule has 1 aliphatic heterocycles. The number of ether oxygens (including phenoxy) is 2. The Morgan fingerprint density at radius 2 is 1.88 bits per heavy atom. The first-order valence-electron chi connectivity index (χ1n) is 7.63. The second kappa shape index (κ2) is 5.96. The number of benzene rings is 2. The van der Waals surface area contributed by atoms with Gasteiger partial charge in [-0.2, -0.15) is 0 Å². The Morgan fingerprint density at radius 1 is 1.21 bits per heavy atom. The Hall–Kier alpha value is -2.89. The summed E-state index contributed by atoms with van der Waals surface area (Å²) in [4.78, 5) is 23.2. The molecule has 0 aromatic heterocycles. The van der Waals surface area contributed by atoms with Crippen molar-refractivity contribution in [3.8, 4) is 5.75 Å². The lowest BCUT2D eigenvalue weighted by molar-refractivity contribution is -0.386. The van der Waals surface area contributed by atoms with E-state index in [0.717, 1.165) is 5.56 Å². The zero-order valence-corrected chi connectivity index (χ0v) is 13.4. The summed E-state index contributed by atoms with van der Waals surface area (Å²) in [5.41, 5.74) is 0.226. The minimum atomic E-state index is -0.918. The maximum atomic E-state index is 12.4. The molecule has 0 aliphatic carbocycles. The van der Waals surface area contributed by atoms with Gasteiger partial charge in [-0.1, -0.05) is 31.2 Å². The predicted octanol–water partition coefficient (Wildman–Crippen LogP) is 3.55. The summed E-state index contributed by atoms with van der Waals surface area (Å²) in [6.07, 6.45) is -0.195. The molecular weight excluding hydrogens is 310 g/mol. The third-order valence-corrected chi connectivity index (χ3v) is 4.62. The van der Waals surface area contributed by atoms with E-state index in [9.17, 15) is 14.9 Å². The number of carbonyl (C=O) groups excluding carboxylic acids is 1. The molecule has 3 rings (SSSR count). The van der Waals surface area contributed by atoms with Crippen LogP contribution in [0.5, 0.6) is 5.75 Å². The summed E-state index contributed by atoms with van der Waals surface area (Å²) < 4.78 is 10.5. The van der Waals surface area contributed by atoms with Gasteiger partial charge in [-0.15, -0.1) is 0 Å². The largest absolute Gasteiger partial charge is 0.497 e. The number of carbonyl (C=O) groups is 1. The highest BCUT2D eigenvalue weighted by molar-refractivity contribution is 5.90. The Kier molecular flexibility index (Phi) is 3.97. The van der Waals surface area contributed by atoms with Gasteiger partial charge in [0, 0.05) is 6.07 Å². The summed E-state index contributed by atoms with van der Waals surface area (Å²) in [6, 6.07) is 13.5. The van der Waals surface area contributed by atoms with Crippen LogP contribution in [0.1, 0.15) is 30.6 Å². The van der Waals surface area contributed by atoms with E-state index in [1.54, 1.807) is 37.4 Å². The minimum absolute atomic E-state index is 0.0404. The Balaban J connectivity index is 2.09. The summed E-state index contributed by atoms with van der Waals surface area (Å²) in [5.74, 6) is 0.318. The van der Waals surface area contributed by atoms with Gasteiger partial charge in [0.1, 0.15) is 11.2 Å². The van der Waals surface area contributed by atoms with Crippen molar-refractivity contribution in [2.75, 3.05) is 7.11 Å². The molecule has 0 N–H and O–H groups in total. The van der Waals surface area contributed by atoms with Gasteiger partial charge in [0.25, 0.3) is 5.69 Å². The standard InChI is InChI=1S/C18H17NO5/c1-3-18(12-8-10-13(23-2)11-9-12)16(24-17(18)20)14-6-4-5-7-15(14)19(21)22/h4-11,16H,3H2,1-2H3/t16-,18+/m1/s1. The van der Waals surface area contributed by atoms with Crippen molar-refractivity contribution in [2.45, 2.75) is 24.9 Å². The zero-order valence-electron chi connectivity index (χ0n) is 13.4. The van der Waals surface area contributed by atoms with Crippen LogP contribution in [0.2, 0.25) is 0 Å². The molecule has 0 unspecified atom stereocenters. The van der Waals surface area contributed by atoms with E-state index in [2.05, 4.69) is 0 Å². The van der Waals surface area contributed by atoms with Crippen LogP contribution in [0.3, 0.4) is 0 Å². The molecular formula is C18H17NO5. The summed E-state index contributed by atoms with van der Waals surface area (Å²) in [5, 5.41) is 11.3. The van der Waals surface area contributed by atoms with Crippen molar-refractivity contribution in [2.24, 2.45) is 0 Å². The van der Waals surface area contributed by atoms with E-state index >= 15 is 0 Å². The van der Waals surface area contributed by atoms with Crippen molar-refractivity contribution in [1.29, 1.82) is 0 Å². The second-order valence-corrected chi connectivity index (χ2v) is 5.65. The van der Waals surface area contributed by atoms with E-state index in [1.165, 1.54) is 6.07 Å². The lowest BCUT2D eigenvalue weighted by atomic mass is 9.67. The molecule has 1 saturated heterocycles. The van der Waals surface area contributed by atoms with E-state index < -0.39 is 16.4 Å². The van der Waals surface area contributed by atoms with Gasteiger partial charge in [0.05, 0.1) is 17.6 Å². The molecule has 6 heteroatoms. The lowest BCUT2D eigenvalue weighted by Gasteiger charge is -2.46. The number of para-hydroxylation sites is 1. The highest BCUT2D eigenvalue weighted by atomic mass is 16.6. The van der Waals surface area contributed by atoms with Gasteiger partial charge in [-0.05, 0) is 30.2 Å². The molecule has 0 spiro atoms. The third-order valence-electron chi connectivity index (χ3n) is 4.62. The molecule has 2 aromatic carbocycles. The topological polar surface area (TPSA) is 78.7 Å². The van der Waals surface area contributed by atoms with Gasteiger partial charge in [0.2, 0.25) is 0 Å². The Labute approximate surface area is 139 Å². The highest BCUT2D eigenvalue weighted by Crippen LogP contribution is 2.53. The van der Waals surface area contributed by atoms with E-state index in [1.807, 2.05) is 19.1 Å². The van der Waals surface area contributed by atoms with Crippen LogP contribution >= 0.6 is 0 Å². The zero-order chi connectivity index (χ0) is 17.3. The number of cyclic esters (lactones) is 1. The molecule has 124 valence electrons. The predicted molar refractivity (Wildman–Crippen MR) is 86.9 cm³/mol. The van der Waals surface area contributed by atoms with Crippen LogP contribution in [-0.4, -0.2) is 18.0 Å². The van der Waals surface area contributed by atoms with Crippen LogP contribution < -0.4 is 4.74 Å². The quantitative estimate of drug-likeness (QED) is 0.477. The number of nitrogens with zero attached hydrogens (tertiary/aromatic N) is 1. The van der Waals surface area contributed by atoms with Gasteiger partial charge >= 0.3 is 5.97 Å². The van der Waals surface area contributed by atoms with Crippen molar-refractivity contribution < 1.29 is 19.2 Å². The molecule has 0 saturated carbocycles. The van der Waals surface area contributed by atoms with E-state index in [0.29, 0.717) is 17.7 Å². The lowest BCUT2D eigenvalue weighted by Crippen LogP contribution is -2.54. The smallest absolute Gasteiger partial charge is 0.321 e. The average Bonchev–Trinajstić information content (AvgIpc) is 2.61. The molecule has 1 fully saturated rings. The van der Waals surface area contributed by atoms with Gasteiger partial charge in [-0.3, -0.25) is 14.9 Å². The van der Waals surface area contributed by atoms with Gasteiger partial charge < -0.3 is 9.47 Å². The summed E-state index contributed by atoms with van der Waals surface area (Å²) in [7, 11) is 1.57. The van der Waals surface area contributed by atoms with Crippen LogP contribution in [0.15, 0.2) is 48.5 Å². The van der Waals surface area contributed by atoms with Crippen LogP contribution in [-0.2, 0) is 14.9 Å². The number of nitro benzene ring substituents is 1. The second-order valence-electron chi connectivity index (χ2n) is 5.65. The summed E-state index contributed by atoms with van der Waals surface area (Å²) in [6.45, 7) is 1.88. The van der Waals surface area contributed by atoms with E-state index in [4.69, 9.17) is 9.47 Å². The van der Waals surface area contributed by atoms with E-state index in [-0.39, 0.29) is 11.7 Å². The minimum Gasteiger partial charge on any atom is -0.497 e. The first-order valence-corrected chi connectivity index (χ1v) is 7.63. The fourth-order valence-electron chi connectivity index (χ4n) is 3.26. The van der Waals surface area contributed by atoms with Gasteiger partial charge in [-0.25, -0.2) is 0 Å². The molecule has 2 aromatic rings. The molecule has 0 amide bonds. The summed E-state index contributed by atoms with van der Waals surface area (Å²) >= 11 is 0. The SMILES string of the molecule is CC[C@@]1(c2ccc(OC)cc2)C(=O)O[C@@H]1c1ccccc1[N+](=O)[O-]. The van der Waals surface area contributed by atoms with Gasteiger partial charge in [0.15, 0.2) is 6.10 Å².